The van der Waals surface area contributed by atoms with Crippen molar-refractivity contribution in [3.8, 4) is 0 Å². The van der Waals surface area contributed by atoms with Gasteiger partial charge in [0.25, 0.3) is 5.91 Å². The van der Waals surface area contributed by atoms with Crippen molar-refractivity contribution in [2.75, 3.05) is 13.1 Å². The van der Waals surface area contributed by atoms with Gasteiger partial charge in [-0.2, -0.15) is 0 Å². The van der Waals surface area contributed by atoms with Crippen molar-refractivity contribution < 1.29 is 9.21 Å². The topological polar surface area (TPSA) is 68.5 Å². The fourth-order valence-electron chi connectivity index (χ4n) is 7.73. The molecule has 2 bridgehead atoms. The van der Waals surface area contributed by atoms with Gasteiger partial charge in [-0.05, 0) is 104 Å². The standard InChI is InChI=1S/C32H37NO2.H3N/c34-31(30-12-7-21-35-30)33-19-17-32(18-20-33,28-10-5-2-6-11-28)16-15-29-25-13-14-26(29)23-27(22-25)24-8-3-1-4-9-24;/h1-12,21,25-27,29H,13-20,22-23H2;1H3/t25-,26+,27?,29?;. The molecule has 2 unspecified atom stereocenters. The van der Waals surface area contributed by atoms with E-state index in [0.717, 1.165) is 49.6 Å². The maximum Gasteiger partial charge on any atom is 0.289 e. The summed E-state index contributed by atoms with van der Waals surface area (Å²) in [5.74, 6) is 3.89. The highest BCUT2D eigenvalue weighted by Gasteiger charge is 2.45. The molecular weight excluding hydrogens is 444 g/mol. The van der Waals surface area contributed by atoms with E-state index in [1.165, 1.54) is 44.1 Å². The molecule has 2 aromatic carbocycles. The van der Waals surface area contributed by atoms with Gasteiger partial charge >= 0.3 is 0 Å². The highest BCUT2D eigenvalue weighted by molar-refractivity contribution is 5.91. The Balaban J connectivity index is 0.00000267. The van der Waals surface area contributed by atoms with Crippen LogP contribution in [0.2, 0.25) is 0 Å². The van der Waals surface area contributed by atoms with Crippen LogP contribution in [0.4, 0.5) is 0 Å². The number of piperidine rings is 1. The minimum Gasteiger partial charge on any atom is -0.459 e. The first kappa shape index (κ1) is 24.8. The van der Waals surface area contributed by atoms with Gasteiger partial charge in [0, 0.05) is 13.1 Å². The number of hydrogen-bond donors (Lipinski definition) is 1. The van der Waals surface area contributed by atoms with Crippen LogP contribution >= 0.6 is 0 Å². The van der Waals surface area contributed by atoms with Gasteiger partial charge < -0.3 is 15.5 Å². The molecular formula is C32H40N2O2. The summed E-state index contributed by atoms with van der Waals surface area (Å²) < 4.78 is 5.39. The van der Waals surface area contributed by atoms with Crippen molar-refractivity contribution in [2.45, 2.75) is 62.7 Å². The molecule has 2 saturated carbocycles. The molecule has 3 fully saturated rings. The van der Waals surface area contributed by atoms with Crippen molar-refractivity contribution >= 4 is 5.91 Å². The summed E-state index contributed by atoms with van der Waals surface area (Å²) in [5, 5.41) is 0. The molecule has 3 N–H and O–H groups in total. The third-order valence-corrected chi connectivity index (χ3v) is 9.65. The van der Waals surface area contributed by atoms with Crippen LogP contribution in [-0.4, -0.2) is 23.9 Å². The summed E-state index contributed by atoms with van der Waals surface area (Å²) in [5.41, 5.74) is 3.20. The number of rotatable bonds is 6. The predicted molar refractivity (Wildman–Crippen MR) is 144 cm³/mol. The first-order valence-corrected chi connectivity index (χ1v) is 13.7. The molecule has 0 spiro atoms. The molecule has 4 heteroatoms. The highest BCUT2D eigenvalue weighted by atomic mass is 16.3. The Hall–Kier alpha value is -2.85. The second kappa shape index (κ2) is 10.6. The summed E-state index contributed by atoms with van der Waals surface area (Å²) in [7, 11) is 0. The van der Waals surface area contributed by atoms with E-state index in [1.807, 2.05) is 4.90 Å². The van der Waals surface area contributed by atoms with Crippen LogP contribution in [0.1, 0.15) is 79.0 Å². The Bertz CT molecular complexity index is 1090. The van der Waals surface area contributed by atoms with E-state index in [4.69, 9.17) is 4.42 Å². The van der Waals surface area contributed by atoms with Gasteiger partial charge in [0.15, 0.2) is 5.76 Å². The Morgan fingerprint density at radius 3 is 2.11 bits per heavy atom. The first-order valence-electron chi connectivity index (χ1n) is 13.7. The molecule has 4 nitrogen and oxygen atoms in total. The number of fused-ring (bicyclic) bond motifs is 2. The largest absolute Gasteiger partial charge is 0.459 e. The minimum atomic E-state index is 0. The third-order valence-electron chi connectivity index (χ3n) is 9.65. The normalized spacial score (nSPS) is 26.8. The lowest BCUT2D eigenvalue weighted by Crippen LogP contribution is -2.45. The molecule has 4 atom stereocenters. The summed E-state index contributed by atoms with van der Waals surface area (Å²) in [6, 6.07) is 26.0. The second-order valence-electron chi connectivity index (χ2n) is 11.3. The smallest absolute Gasteiger partial charge is 0.289 e. The van der Waals surface area contributed by atoms with Crippen LogP contribution in [0.3, 0.4) is 0 Å². The zero-order chi connectivity index (χ0) is 23.7. The summed E-state index contributed by atoms with van der Waals surface area (Å²) >= 11 is 0. The van der Waals surface area contributed by atoms with E-state index in [1.54, 1.807) is 24.0 Å². The van der Waals surface area contributed by atoms with Gasteiger partial charge in [-0.15, -0.1) is 0 Å². The van der Waals surface area contributed by atoms with E-state index >= 15 is 0 Å². The number of benzene rings is 2. The van der Waals surface area contributed by atoms with E-state index in [9.17, 15) is 4.79 Å². The van der Waals surface area contributed by atoms with E-state index in [0.29, 0.717) is 5.76 Å². The van der Waals surface area contributed by atoms with Gasteiger partial charge in [0.05, 0.1) is 6.26 Å². The highest BCUT2D eigenvalue weighted by Crippen LogP contribution is 2.55. The Morgan fingerprint density at radius 1 is 0.861 bits per heavy atom. The van der Waals surface area contributed by atoms with Crippen molar-refractivity contribution in [3.05, 3.63) is 95.9 Å². The van der Waals surface area contributed by atoms with E-state index in [2.05, 4.69) is 60.7 Å². The molecule has 0 radical (unpaired) electrons. The zero-order valence-electron chi connectivity index (χ0n) is 21.4. The monoisotopic (exact) mass is 484 g/mol. The summed E-state index contributed by atoms with van der Waals surface area (Å²) in [6.07, 6.45) is 11.8. The molecule has 1 aromatic heterocycles. The molecule has 1 amide bonds. The Labute approximate surface area is 215 Å². The summed E-state index contributed by atoms with van der Waals surface area (Å²) in [4.78, 5) is 14.9. The third kappa shape index (κ3) is 4.76. The lowest BCUT2D eigenvalue weighted by atomic mass is 9.64. The van der Waals surface area contributed by atoms with Crippen molar-refractivity contribution in [1.29, 1.82) is 0 Å². The van der Waals surface area contributed by atoms with Gasteiger partial charge in [-0.25, -0.2) is 0 Å². The number of likely N-dealkylation sites (tertiary alicyclic amines) is 1. The van der Waals surface area contributed by atoms with Crippen LogP contribution in [0.5, 0.6) is 0 Å². The van der Waals surface area contributed by atoms with Crippen molar-refractivity contribution in [3.63, 3.8) is 0 Å². The van der Waals surface area contributed by atoms with E-state index in [-0.39, 0.29) is 17.5 Å². The molecule has 3 aliphatic rings. The lowest BCUT2D eigenvalue weighted by Gasteiger charge is -2.44. The quantitative estimate of drug-likeness (QED) is 0.391. The average Bonchev–Trinajstić information content (AvgIpc) is 3.54. The fraction of sp³-hybridized carbons (Fsp3) is 0.469. The molecule has 2 aliphatic carbocycles. The molecule has 36 heavy (non-hydrogen) atoms. The van der Waals surface area contributed by atoms with Gasteiger partial charge in [0.1, 0.15) is 0 Å². The fourth-order valence-corrected chi connectivity index (χ4v) is 7.73. The number of hydrogen-bond acceptors (Lipinski definition) is 3. The van der Waals surface area contributed by atoms with Crippen molar-refractivity contribution in [2.24, 2.45) is 17.8 Å². The molecule has 190 valence electrons. The lowest BCUT2D eigenvalue weighted by molar-refractivity contribution is 0.0613. The molecule has 1 saturated heterocycles. The molecule has 3 aromatic rings. The molecule has 2 heterocycles. The van der Waals surface area contributed by atoms with Crippen LogP contribution in [0, 0.1) is 17.8 Å². The maximum absolute atomic E-state index is 12.9. The number of amides is 1. The Morgan fingerprint density at radius 2 is 1.50 bits per heavy atom. The van der Waals surface area contributed by atoms with Gasteiger partial charge in [-0.3, -0.25) is 4.79 Å². The molecule has 6 rings (SSSR count). The summed E-state index contributed by atoms with van der Waals surface area (Å²) in [6.45, 7) is 1.62. The minimum absolute atomic E-state index is 0. The predicted octanol–water partition coefficient (Wildman–Crippen LogP) is 7.62. The van der Waals surface area contributed by atoms with Gasteiger partial charge in [0.2, 0.25) is 0 Å². The number of carbonyl (C=O) groups is 1. The molecule has 1 aliphatic heterocycles. The number of nitrogens with zero attached hydrogens (tertiary/aromatic N) is 1. The Kier molecular flexibility index (Phi) is 7.34. The number of carbonyl (C=O) groups excluding carboxylic acids is 1. The average molecular weight is 485 g/mol. The van der Waals surface area contributed by atoms with Crippen LogP contribution in [-0.2, 0) is 5.41 Å². The van der Waals surface area contributed by atoms with Crippen LogP contribution in [0.15, 0.2) is 83.5 Å². The number of furan rings is 1. The van der Waals surface area contributed by atoms with Crippen molar-refractivity contribution in [1.82, 2.24) is 11.1 Å². The zero-order valence-corrected chi connectivity index (χ0v) is 21.4. The first-order chi connectivity index (χ1) is 17.2. The van der Waals surface area contributed by atoms with E-state index < -0.39 is 0 Å². The van der Waals surface area contributed by atoms with Gasteiger partial charge in [-0.1, -0.05) is 60.7 Å². The van der Waals surface area contributed by atoms with Crippen LogP contribution < -0.4 is 6.15 Å². The maximum atomic E-state index is 12.9. The van der Waals surface area contributed by atoms with Crippen LogP contribution in [0.25, 0.3) is 0 Å². The SMILES string of the molecule is N.O=C(c1ccco1)N1CCC(CCC2[C@@H]3CC[C@H]2CC(c2ccccc2)C3)(c2ccccc2)CC1. The second-order valence-corrected chi connectivity index (χ2v) is 11.3.